The number of hydrogen-bond donors (Lipinski definition) is 1. The second kappa shape index (κ2) is 15.7. The van der Waals surface area contributed by atoms with E-state index < -0.39 is 22.5 Å². The standard InChI is InChI=1S/C35H30Cl2N6O7S2/c1-5-7-24-29(33(45)50-6-2)30(22-17-20(48-3)10-12-26(22)49-4)42-32(44)28(52-35(42)38-24)15-18-8-13-27(25(14-18)43(46)47)51-34-39-31(40-41-34)21-11-9-19(36)16-23(21)37/h8-17,30H,5-7H2,1-4H3,(H,39,40,41)/b28-15-/t30-/m1/s1. The molecule has 5 aromatic rings. The molecule has 52 heavy (non-hydrogen) atoms. The van der Waals surface area contributed by atoms with Gasteiger partial charge < -0.3 is 14.2 Å². The summed E-state index contributed by atoms with van der Waals surface area (Å²) in [6.45, 7) is 3.79. The largest absolute Gasteiger partial charge is 0.497 e. The van der Waals surface area contributed by atoms with E-state index in [1.54, 1.807) is 61.5 Å². The molecule has 17 heteroatoms. The summed E-state index contributed by atoms with van der Waals surface area (Å²) in [7, 11) is 3.02. The van der Waals surface area contributed by atoms with Gasteiger partial charge in [-0.25, -0.2) is 14.8 Å². The maximum Gasteiger partial charge on any atom is 0.338 e. The van der Waals surface area contributed by atoms with E-state index in [-0.39, 0.29) is 32.5 Å². The predicted molar refractivity (Wildman–Crippen MR) is 198 cm³/mol. The average Bonchev–Trinajstić information content (AvgIpc) is 3.71. The van der Waals surface area contributed by atoms with Crippen LogP contribution in [-0.2, 0) is 9.53 Å². The number of nitrogens with zero attached hydrogens (tertiary/aromatic N) is 5. The van der Waals surface area contributed by atoms with Crippen molar-refractivity contribution in [3.8, 4) is 22.9 Å². The number of carbonyl (C=O) groups is 1. The molecule has 1 N–H and O–H groups in total. The quantitative estimate of drug-likeness (QED) is 0.0814. The van der Waals surface area contributed by atoms with Gasteiger partial charge in [-0.2, -0.15) is 0 Å². The van der Waals surface area contributed by atoms with Crippen LogP contribution in [-0.4, -0.2) is 51.5 Å². The third kappa shape index (κ3) is 7.35. The van der Waals surface area contributed by atoms with E-state index in [0.29, 0.717) is 67.4 Å². The van der Waals surface area contributed by atoms with Crippen molar-refractivity contribution in [1.82, 2.24) is 19.7 Å². The number of ether oxygens (including phenoxy) is 3. The Bertz CT molecular complexity index is 2420. The van der Waals surface area contributed by atoms with E-state index in [2.05, 4.69) is 15.2 Å². The van der Waals surface area contributed by atoms with Gasteiger partial charge in [-0.1, -0.05) is 53.9 Å². The molecule has 6 rings (SSSR count). The molecule has 0 fully saturated rings. The van der Waals surface area contributed by atoms with Crippen molar-refractivity contribution in [2.45, 2.75) is 42.8 Å². The zero-order valence-corrected chi connectivity index (χ0v) is 31.3. The molecule has 1 atom stereocenters. The van der Waals surface area contributed by atoms with E-state index in [4.69, 9.17) is 42.4 Å². The highest BCUT2D eigenvalue weighted by Crippen LogP contribution is 2.39. The van der Waals surface area contributed by atoms with Crippen LogP contribution in [0.4, 0.5) is 5.69 Å². The van der Waals surface area contributed by atoms with Crippen LogP contribution in [0.2, 0.25) is 10.0 Å². The van der Waals surface area contributed by atoms with Crippen LogP contribution < -0.4 is 24.4 Å². The Morgan fingerprint density at radius 2 is 1.92 bits per heavy atom. The third-order valence-corrected chi connectivity index (χ3v) is 10.4. The number of aromatic nitrogens is 4. The van der Waals surface area contributed by atoms with Gasteiger partial charge in [-0.3, -0.25) is 24.6 Å². The molecule has 0 saturated carbocycles. The fraction of sp³-hybridized carbons (Fsp3) is 0.229. The fourth-order valence-corrected chi connectivity index (χ4v) is 7.98. The van der Waals surface area contributed by atoms with Gasteiger partial charge in [0.05, 0.1) is 51.5 Å². The van der Waals surface area contributed by atoms with Crippen LogP contribution in [0, 0.1) is 10.1 Å². The van der Waals surface area contributed by atoms with Gasteiger partial charge in [0, 0.05) is 22.2 Å². The van der Waals surface area contributed by atoms with E-state index in [0.717, 1.165) is 23.1 Å². The molecule has 13 nitrogen and oxygen atoms in total. The predicted octanol–water partition coefficient (Wildman–Crippen LogP) is 6.75. The highest BCUT2D eigenvalue weighted by molar-refractivity contribution is 7.99. The lowest BCUT2D eigenvalue weighted by molar-refractivity contribution is -0.387. The number of halogens is 2. The summed E-state index contributed by atoms with van der Waals surface area (Å²) in [6, 6.07) is 13.7. The molecule has 0 saturated heterocycles. The molecule has 1 aliphatic rings. The van der Waals surface area contributed by atoms with Crippen LogP contribution in [0.1, 0.15) is 43.9 Å². The Labute approximate surface area is 314 Å². The number of thiazole rings is 1. The summed E-state index contributed by atoms with van der Waals surface area (Å²) in [5.41, 5.74) is 1.53. The number of rotatable bonds is 12. The first-order valence-corrected chi connectivity index (χ1v) is 18.2. The molecular weight excluding hydrogens is 751 g/mol. The molecule has 0 spiro atoms. The zero-order valence-electron chi connectivity index (χ0n) is 28.1. The molecule has 2 aromatic heterocycles. The smallest absolute Gasteiger partial charge is 0.338 e. The lowest BCUT2D eigenvalue weighted by Gasteiger charge is -2.27. The molecule has 1 aliphatic heterocycles. The second-order valence-corrected chi connectivity index (χ2v) is 14.1. The number of allylic oxidation sites excluding steroid dienone is 1. The molecule has 3 aromatic carbocycles. The third-order valence-electron chi connectivity index (χ3n) is 7.95. The highest BCUT2D eigenvalue weighted by atomic mass is 35.5. The minimum absolute atomic E-state index is 0.120. The van der Waals surface area contributed by atoms with Crippen LogP contribution >= 0.6 is 46.3 Å². The van der Waals surface area contributed by atoms with Crippen molar-refractivity contribution in [3.05, 3.63) is 117 Å². The number of nitrogens with one attached hydrogen (secondary N) is 1. The topological polar surface area (TPSA) is 164 Å². The Kier molecular flexibility index (Phi) is 11.1. The number of nitro benzene ring substituents is 1. The minimum atomic E-state index is -0.953. The Morgan fingerprint density at radius 3 is 2.62 bits per heavy atom. The van der Waals surface area contributed by atoms with Crippen molar-refractivity contribution in [2.75, 3.05) is 20.8 Å². The number of fused-ring (bicyclic) bond motifs is 1. The highest BCUT2D eigenvalue weighted by Gasteiger charge is 2.36. The first kappa shape index (κ1) is 36.8. The molecule has 0 amide bonds. The molecule has 0 radical (unpaired) electrons. The number of aromatic amines is 1. The van der Waals surface area contributed by atoms with Crippen molar-refractivity contribution in [2.24, 2.45) is 4.99 Å². The van der Waals surface area contributed by atoms with Crippen LogP contribution in [0.3, 0.4) is 0 Å². The lowest BCUT2D eigenvalue weighted by atomic mass is 9.93. The summed E-state index contributed by atoms with van der Waals surface area (Å²) in [5.74, 6) is 0.697. The van der Waals surface area contributed by atoms with Gasteiger partial charge in [-0.15, -0.1) is 5.10 Å². The Balaban J connectivity index is 1.44. The van der Waals surface area contributed by atoms with Crippen LogP contribution in [0.5, 0.6) is 11.5 Å². The van der Waals surface area contributed by atoms with E-state index >= 15 is 0 Å². The van der Waals surface area contributed by atoms with Crippen LogP contribution in [0.15, 0.2) is 85.7 Å². The number of carbonyl (C=O) groups excluding carboxylic acids is 1. The molecule has 268 valence electrons. The molecule has 0 bridgehead atoms. The number of esters is 1. The first-order chi connectivity index (χ1) is 25.1. The van der Waals surface area contributed by atoms with Gasteiger partial charge in [0.1, 0.15) is 17.5 Å². The lowest BCUT2D eigenvalue weighted by Crippen LogP contribution is -2.40. The van der Waals surface area contributed by atoms with Gasteiger partial charge >= 0.3 is 5.97 Å². The number of hydrogen-bond acceptors (Lipinski definition) is 12. The van der Waals surface area contributed by atoms with Crippen molar-refractivity contribution in [3.63, 3.8) is 0 Å². The summed E-state index contributed by atoms with van der Waals surface area (Å²) in [4.78, 5) is 49.5. The second-order valence-electron chi connectivity index (χ2n) is 11.2. The van der Waals surface area contributed by atoms with E-state index in [1.165, 1.54) is 24.9 Å². The summed E-state index contributed by atoms with van der Waals surface area (Å²) in [5, 5.41) is 20.3. The average molecular weight is 782 g/mol. The summed E-state index contributed by atoms with van der Waals surface area (Å²) >= 11 is 14.4. The number of benzene rings is 3. The number of nitro groups is 1. The van der Waals surface area contributed by atoms with Crippen molar-refractivity contribution in [1.29, 1.82) is 0 Å². The van der Waals surface area contributed by atoms with Crippen molar-refractivity contribution < 1.29 is 23.9 Å². The van der Waals surface area contributed by atoms with E-state index in [9.17, 15) is 19.7 Å². The van der Waals surface area contributed by atoms with Gasteiger partial charge in [0.25, 0.3) is 11.2 Å². The van der Waals surface area contributed by atoms with Crippen molar-refractivity contribution >= 4 is 64.0 Å². The first-order valence-electron chi connectivity index (χ1n) is 15.8. The zero-order chi connectivity index (χ0) is 37.1. The normalized spacial score (nSPS) is 14.2. The summed E-state index contributed by atoms with van der Waals surface area (Å²) < 4.78 is 18.4. The Hall–Kier alpha value is -4.96. The van der Waals surface area contributed by atoms with Gasteiger partial charge in [0.2, 0.25) is 5.16 Å². The number of methoxy groups -OCH3 is 2. The molecule has 0 unspecified atom stereocenters. The summed E-state index contributed by atoms with van der Waals surface area (Å²) in [6.07, 6.45) is 2.69. The fourth-order valence-electron chi connectivity index (χ4n) is 5.67. The Morgan fingerprint density at radius 1 is 1.12 bits per heavy atom. The molecular formula is C35H30Cl2N6O7S2. The van der Waals surface area contributed by atoms with Gasteiger partial charge in [0.15, 0.2) is 10.6 Å². The number of H-pyrrole nitrogens is 1. The monoisotopic (exact) mass is 780 g/mol. The SMILES string of the molecule is CCCC1=C(C(=O)OCC)[C@@H](c2cc(OC)ccc2OC)n2c(s/c(=C\c3ccc(Sc4n[nH]c(-c5ccc(Cl)cc5Cl)n4)c([N+](=O)[O-])c3)c2=O)=N1. The maximum atomic E-state index is 14.3. The molecule has 0 aliphatic carbocycles. The van der Waals surface area contributed by atoms with E-state index in [1.807, 2.05) is 6.92 Å². The van der Waals surface area contributed by atoms with Crippen LogP contribution in [0.25, 0.3) is 17.5 Å². The minimum Gasteiger partial charge on any atom is -0.497 e. The maximum absolute atomic E-state index is 14.3. The molecule has 3 heterocycles. The van der Waals surface area contributed by atoms with Gasteiger partial charge in [-0.05, 0) is 79.2 Å².